The predicted molar refractivity (Wildman–Crippen MR) is 102 cm³/mol. The van der Waals surface area contributed by atoms with Crippen LogP contribution in [0.2, 0.25) is 5.02 Å². The van der Waals surface area contributed by atoms with E-state index in [1.54, 1.807) is 7.05 Å². The summed E-state index contributed by atoms with van der Waals surface area (Å²) in [6, 6.07) is 7.36. The Morgan fingerprint density at radius 2 is 2.04 bits per heavy atom. The summed E-state index contributed by atoms with van der Waals surface area (Å²) in [5.41, 5.74) is 1.29. The molecule has 1 unspecified atom stereocenters. The van der Waals surface area contributed by atoms with Gasteiger partial charge in [-0.15, -0.1) is 0 Å². The zero-order valence-corrected chi connectivity index (χ0v) is 17.1. The molecule has 6 nitrogen and oxygen atoms in total. The molecule has 0 spiro atoms. The van der Waals surface area contributed by atoms with Crippen molar-refractivity contribution in [3.05, 3.63) is 45.0 Å². The molecule has 0 saturated carbocycles. The molecule has 1 atom stereocenters. The second-order valence-corrected chi connectivity index (χ2v) is 7.19. The van der Waals surface area contributed by atoms with Gasteiger partial charge in [-0.3, -0.25) is 4.79 Å². The van der Waals surface area contributed by atoms with Gasteiger partial charge in [0.2, 0.25) is 5.88 Å². The van der Waals surface area contributed by atoms with E-state index in [0.29, 0.717) is 21.1 Å². The average Bonchev–Trinajstić information content (AvgIpc) is 2.86. The van der Waals surface area contributed by atoms with Crippen molar-refractivity contribution in [1.82, 2.24) is 20.0 Å². The smallest absolute Gasteiger partial charge is 0.273 e. The maximum Gasteiger partial charge on any atom is 0.273 e. The predicted octanol–water partition coefficient (Wildman–Crippen LogP) is 3.27. The van der Waals surface area contributed by atoms with Crippen molar-refractivity contribution in [2.75, 3.05) is 27.7 Å². The Balaban J connectivity index is 2.23. The first-order chi connectivity index (χ1) is 11.8. The third-order valence-corrected chi connectivity index (χ3v) is 4.76. The van der Waals surface area contributed by atoms with Crippen molar-refractivity contribution in [2.45, 2.75) is 12.5 Å². The number of hydrogen-bond acceptors (Lipinski definition) is 4. The zero-order valence-electron chi connectivity index (χ0n) is 14.7. The zero-order chi connectivity index (χ0) is 18.6. The summed E-state index contributed by atoms with van der Waals surface area (Å²) in [7, 11) is 7.27. The first-order valence-electron chi connectivity index (χ1n) is 7.81. The number of ether oxygens (including phenoxy) is 1. The summed E-state index contributed by atoms with van der Waals surface area (Å²) in [5, 5.41) is 7.96. The molecule has 8 heteroatoms. The van der Waals surface area contributed by atoms with E-state index in [2.05, 4.69) is 31.2 Å². The normalized spacial score (nSPS) is 12.3. The van der Waals surface area contributed by atoms with Crippen LogP contribution in [0.4, 0.5) is 0 Å². The summed E-state index contributed by atoms with van der Waals surface area (Å²) in [6.45, 7) is 0.834. The minimum atomic E-state index is -0.260. The molecule has 0 bridgehead atoms. The standard InChI is InChI=1S/C17H22BrClN4O2/c1-22(2)10-9-13(11-5-7-12(19)8-6-11)20-16(24)15-14(18)17(25-4)23(3)21-15/h5-8,13H,9-10H2,1-4H3,(H,20,24). The van der Waals surface area contributed by atoms with Crippen LogP contribution in [0.5, 0.6) is 5.88 Å². The van der Waals surface area contributed by atoms with Crippen molar-refractivity contribution >= 4 is 33.4 Å². The van der Waals surface area contributed by atoms with Crippen LogP contribution >= 0.6 is 27.5 Å². The molecular formula is C17H22BrClN4O2. The molecule has 1 heterocycles. The maximum atomic E-state index is 12.7. The molecule has 2 rings (SSSR count). The Hall–Kier alpha value is -1.57. The first-order valence-corrected chi connectivity index (χ1v) is 8.98. The molecule has 0 saturated heterocycles. The van der Waals surface area contributed by atoms with E-state index in [-0.39, 0.29) is 11.9 Å². The summed E-state index contributed by atoms with van der Waals surface area (Å²) in [5.74, 6) is 0.242. The van der Waals surface area contributed by atoms with E-state index < -0.39 is 0 Å². The number of rotatable bonds is 7. The first kappa shape index (κ1) is 19.8. The highest BCUT2D eigenvalue weighted by Gasteiger charge is 2.23. The number of nitrogens with zero attached hydrogens (tertiary/aromatic N) is 3. The quantitative estimate of drug-likeness (QED) is 0.734. The molecule has 2 aromatic rings. The van der Waals surface area contributed by atoms with E-state index in [1.807, 2.05) is 38.4 Å². The SMILES string of the molecule is COc1c(Br)c(C(=O)NC(CCN(C)C)c2ccc(Cl)cc2)nn1C. The molecule has 1 N–H and O–H groups in total. The molecular weight excluding hydrogens is 408 g/mol. The molecule has 0 aliphatic heterocycles. The number of methoxy groups -OCH3 is 1. The van der Waals surface area contributed by atoms with Gasteiger partial charge >= 0.3 is 0 Å². The van der Waals surface area contributed by atoms with Gasteiger partial charge in [-0.05, 0) is 60.7 Å². The third kappa shape index (κ3) is 4.96. The van der Waals surface area contributed by atoms with Crippen LogP contribution in [0.15, 0.2) is 28.7 Å². The summed E-state index contributed by atoms with van der Waals surface area (Å²) in [4.78, 5) is 14.8. The fourth-order valence-electron chi connectivity index (χ4n) is 2.48. The molecule has 1 amide bonds. The second kappa shape index (κ2) is 8.69. The molecule has 136 valence electrons. The highest BCUT2D eigenvalue weighted by Crippen LogP contribution is 2.28. The number of nitrogens with one attached hydrogen (secondary N) is 1. The molecule has 0 fully saturated rings. The minimum absolute atomic E-state index is 0.146. The van der Waals surface area contributed by atoms with Crippen LogP contribution in [0, 0.1) is 0 Å². The summed E-state index contributed by atoms with van der Waals surface area (Å²) in [6.07, 6.45) is 0.766. The Bertz CT molecular complexity index is 731. The topological polar surface area (TPSA) is 59.4 Å². The van der Waals surface area contributed by atoms with Gasteiger partial charge in [0.1, 0.15) is 4.47 Å². The van der Waals surface area contributed by atoms with Crippen molar-refractivity contribution < 1.29 is 9.53 Å². The van der Waals surface area contributed by atoms with Crippen LogP contribution in [-0.2, 0) is 7.05 Å². The van der Waals surface area contributed by atoms with Crippen LogP contribution in [-0.4, -0.2) is 48.3 Å². The van der Waals surface area contributed by atoms with Gasteiger partial charge in [0.15, 0.2) is 5.69 Å². The van der Waals surface area contributed by atoms with E-state index in [1.165, 1.54) is 11.8 Å². The molecule has 1 aromatic carbocycles. The van der Waals surface area contributed by atoms with Gasteiger partial charge in [-0.25, -0.2) is 4.68 Å². The third-order valence-electron chi connectivity index (χ3n) is 3.79. The Morgan fingerprint density at radius 1 is 1.40 bits per heavy atom. The van der Waals surface area contributed by atoms with Crippen molar-refractivity contribution in [3.8, 4) is 5.88 Å². The number of benzene rings is 1. The highest BCUT2D eigenvalue weighted by molar-refractivity contribution is 9.10. The van der Waals surface area contributed by atoms with Crippen LogP contribution in [0.3, 0.4) is 0 Å². The number of amides is 1. The lowest BCUT2D eigenvalue weighted by molar-refractivity contribution is 0.0926. The van der Waals surface area contributed by atoms with Crippen LogP contribution in [0.1, 0.15) is 28.5 Å². The Morgan fingerprint density at radius 3 is 2.56 bits per heavy atom. The fourth-order valence-corrected chi connectivity index (χ4v) is 3.28. The summed E-state index contributed by atoms with van der Waals surface area (Å²) >= 11 is 9.36. The van der Waals surface area contributed by atoms with Crippen molar-refractivity contribution in [1.29, 1.82) is 0 Å². The van der Waals surface area contributed by atoms with E-state index in [0.717, 1.165) is 18.5 Å². The Labute approximate surface area is 161 Å². The van der Waals surface area contributed by atoms with Gasteiger partial charge in [-0.1, -0.05) is 23.7 Å². The van der Waals surface area contributed by atoms with Crippen LogP contribution < -0.4 is 10.1 Å². The maximum absolute atomic E-state index is 12.7. The van der Waals surface area contributed by atoms with Gasteiger partial charge in [-0.2, -0.15) is 5.10 Å². The van der Waals surface area contributed by atoms with Crippen molar-refractivity contribution in [3.63, 3.8) is 0 Å². The lowest BCUT2D eigenvalue weighted by Crippen LogP contribution is -2.31. The number of carbonyl (C=O) groups is 1. The van der Waals surface area contributed by atoms with Crippen LogP contribution in [0.25, 0.3) is 0 Å². The molecule has 1 aromatic heterocycles. The molecule has 0 aliphatic carbocycles. The van der Waals surface area contributed by atoms with E-state index in [4.69, 9.17) is 16.3 Å². The van der Waals surface area contributed by atoms with E-state index in [9.17, 15) is 4.79 Å². The fraction of sp³-hybridized carbons (Fsp3) is 0.412. The lowest BCUT2D eigenvalue weighted by atomic mass is 10.0. The largest absolute Gasteiger partial charge is 0.480 e. The monoisotopic (exact) mass is 428 g/mol. The molecule has 25 heavy (non-hydrogen) atoms. The molecule has 0 radical (unpaired) electrons. The Kier molecular flexibility index (Phi) is 6.87. The molecule has 0 aliphatic rings. The second-order valence-electron chi connectivity index (χ2n) is 5.97. The number of hydrogen-bond donors (Lipinski definition) is 1. The number of aryl methyl sites for hydroxylation is 1. The highest BCUT2D eigenvalue weighted by atomic mass is 79.9. The number of halogens is 2. The van der Waals surface area contributed by atoms with Gasteiger partial charge in [0.25, 0.3) is 5.91 Å². The van der Waals surface area contributed by atoms with Crippen molar-refractivity contribution in [2.24, 2.45) is 7.05 Å². The average molecular weight is 430 g/mol. The van der Waals surface area contributed by atoms with Gasteiger partial charge in [0.05, 0.1) is 13.2 Å². The van der Waals surface area contributed by atoms with E-state index >= 15 is 0 Å². The van der Waals surface area contributed by atoms with Gasteiger partial charge in [0, 0.05) is 12.1 Å². The lowest BCUT2D eigenvalue weighted by Gasteiger charge is -2.21. The van der Waals surface area contributed by atoms with Gasteiger partial charge < -0.3 is 15.0 Å². The number of carbonyl (C=O) groups excluding carboxylic acids is 1. The summed E-state index contributed by atoms with van der Waals surface area (Å²) < 4.78 is 7.30. The number of aromatic nitrogens is 2. The minimum Gasteiger partial charge on any atom is -0.480 e.